The Bertz CT molecular complexity index is 713. The van der Waals surface area contributed by atoms with Crippen LogP contribution in [0.3, 0.4) is 0 Å². The SMILES string of the molecule is Clc1ccc(CNc2cc(NCc3ccco3)ncn2)cc1. The minimum atomic E-state index is 0.584. The molecular weight excluding hydrogens is 300 g/mol. The number of hydrogen-bond donors (Lipinski definition) is 2. The minimum absolute atomic E-state index is 0.584. The van der Waals surface area contributed by atoms with Gasteiger partial charge in [-0.2, -0.15) is 0 Å². The van der Waals surface area contributed by atoms with Crippen molar-refractivity contribution in [3.8, 4) is 0 Å². The smallest absolute Gasteiger partial charge is 0.131 e. The van der Waals surface area contributed by atoms with Crippen LogP contribution in [0.5, 0.6) is 0 Å². The molecule has 3 aromatic rings. The first-order valence-electron chi connectivity index (χ1n) is 6.86. The fourth-order valence-electron chi connectivity index (χ4n) is 1.94. The lowest BCUT2D eigenvalue weighted by atomic mass is 10.2. The zero-order chi connectivity index (χ0) is 15.2. The van der Waals surface area contributed by atoms with Crippen molar-refractivity contribution in [3.63, 3.8) is 0 Å². The highest BCUT2D eigenvalue weighted by Gasteiger charge is 2.01. The Kier molecular flexibility index (Phi) is 4.56. The third-order valence-corrected chi connectivity index (χ3v) is 3.33. The fraction of sp³-hybridized carbons (Fsp3) is 0.125. The Morgan fingerprint density at radius 1 is 0.955 bits per heavy atom. The van der Waals surface area contributed by atoms with Crippen molar-refractivity contribution >= 4 is 23.2 Å². The van der Waals surface area contributed by atoms with E-state index in [0.717, 1.165) is 28.0 Å². The second kappa shape index (κ2) is 6.95. The van der Waals surface area contributed by atoms with Gasteiger partial charge in [0.15, 0.2) is 0 Å². The number of furan rings is 1. The summed E-state index contributed by atoms with van der Waals surface area (Å²) in [6.07, 6.45) is 3.17. The van der Waals surface area contributed by atoms with Crippen LogP contribution >= 0.6 is 11.6 Å². The topological polar surface area (TPSA) is 63.0 Å². The van der Waals surface area contributed by atoms with Crippen molar-refractivity contribution in [2.24, 2.45) is 0 Å². The summed E-state index contributed by atoms with van der Waals surface area (Å²) in [5.41, 5.74) is 1.13. The first-order valence-corrected chi connectivity index (χ1v) is 7.24. The summed E-state index contributed by atoms with van der Waals surface area (Å²) < 4.78 is 5.27. The van der Waals surface area contributed by atoms with Crippen molar-refractivity contribution < 1.29 is 4.42 Å². The van der Waals surface area contributed by atoms with E-state index in [1.807, 2.05) is 42.5 Å². The van der Waals surface area contributed by atoms with Gasteiger partial charge in [0.25, 0.3) is 0 Å². The molecule has 0 aliphatic rings. The van der Waals surface area contributed by atoms with E-state index in [-0.39, 0.29) is 0 Å². The van der Waals surface area contributed by atoms with Crippen LogP contribution in [0.15, 0.2) is 59.5 Å². The zero-order valence-corrected chi connectivity index (χ0v) is 12.5. The van der Waals surface area contributed by atoms with Crippen LogP contribution in [0.4, 0.5) is 11.6 Å². The highest BCUT2D eigenvalue weighted by molar-refractivity contribution is 6.30. The molecule has 0 bridgehead atoms. The molecule has 0 atom stereocenters. The van der Waals surface area contributed by atoms with E-state index in [1.165, 1.54) is 6.33 Å². The molecule has 0 fully saturated rings. The molecular formula is C16H15ClN4O. The molecule has 0 radical (unpaired) electrons. The number of nitrogens with one attached hydrogen (secondary N) is 2. The van der Waals surface area contributed by atoms with Crippen molar-refractivity contribution in [3.05, 3.63) is 71.4 Å². The van der Waals surface area contributed by atoms with Crippen molar-refractivity contribution in [2.45, 2.75) is 13.1 Å². The molecule has 22 heavy (non-hydrogen) atoms. The highest BCUT2D eigenvalue weighted by atomic mass is 35.5. The average molecular weight is 315 g/mol. The van der Waals surface area contributed by atoms with Crippen LogP contribution in [0.25, 0.3) is 0 Å². The first-order chi connectivity index (χ1) is 10.8. The summed E-state index contributed by atoms with van der Waals surface area (Å²) in [4.78, 5) is 8.39. The van der Waals surface area contributed by atoms with Gasteiger partial charge in [0.1, 0.15) is 23.7 Å². The maximum absolute atomic E-state index is 5.87. The standard InChI is InChI=1S/C16H15ClN4O/c17-13-5-3-12(4-6-13)9-18-15-8-16(21-11-20-15)19-10-14-2-1-7-22-14/h1-8,11H,9-10H2,(H2,18,19,20,21). The Morgan fingerprint density at radius 2 is 1.68 bits per heavy atom. The van der Waals surface area contributed by atoms with E-state index in [9.17, 15) is 0 Å². The number of rotatable bonds is 6. The first kappa shape index (κ1) is 14.4. The number of aromatic nitrogens is 2. The molecule has 5 nitrogen and oxygen atoms in total. The molecule has 1 aromatic carbocycles. The summed E-state index contributed by atoms with van der Waals surface area (Å²) in [6.45, 7) is 1.26. The molecule has 112 valence electrons. The van der Waals surface area contributed by atoms with E-state index in [4.69, 9.17) is 16.0 Å². The Hall–Kier alpha value is -2.53. The summed E-state index contributed by atoms with van der Waals surface area (Å²) in [5, 5.41) is 7.18. The van der Waals surface area contributed by atoms with Gasteiger partial charge in [-0.15, -0.1) is 0 Å². The molecule has 3 rings (SSSR count). The van der Waals surface area contributed by atoms with Crippen LogP contribution in [-0.2, 0) is 13.1 Å². The van der Waals surface area contributed by atoms with Gasteiger partial charge in [0.2, 0.25) is 0 Å². The lowest BCUT2D eigenvalue weighted by Gasteiger charge is -2.08. The number of anilines is 2. The monoisotopic (exact) mass is 314 g/mol. The Morgan fingerprint density at radius 3 is 2.36 bits per heavy atom. The molecule has 2 aromatic heterocycles. The third-order valence-electron chi connectivity index (χ3n) is 3.08. The van der Waals surface area contributed by atoms with Crippen LogP contribution in [0.1, 0.15) is 11.3 Å². The van der Waals surface area contributed by atoms with E-state index < -0.39 is 0 Å². The quantitative estimate of drug-likeness (QED) is 0.721. The molecule has 0 aliphatic carbocycles. The van der Waals surface area contributed by atoms with Gasteiger partial charge in [-0.1, -0.05) is 23.7 Å². The predicted octanol–water partition coefficient (Wildman–Crippen LogP) is 3.95. The second-order valence-electron chi connectivity index (χ2n) is 4.70. The third kappa shape index (κ3) is 3.99. The predicted molar refractivity (Wildman–Crippen MR) is 86.8 cm³/mol. The lowest BCUT2D eigenvalue weighted by molar-refractivity contribution is 0.518. The van der Waals surface area contributed by atoms with E-state index >= 15 is 0 Å². The molecule has 6 heteroatoms. The van der Waals surface area contributed by atoms with Crippen molar-refractivity contribution in [1.29, 1.82) is 0 Å². The molecule has 2 heterocycles. The number of hydrogen-bond acceptors (Lipinski definition) is 5. The van der Waals surface area contributed by atoms with Crippen LogP contribution in [0.2, 0.25) is 5.02 Å². The lowest BCUT2D eigenvalue weighted by Crippen LogP contribution is -2.05. The number of benzene rings is 1. The van der Waals surface area contributed by atoms with Crippen LogP contribution in [0, 0.1) is 0 Å². The van der Waals surface area contributed by atoms with Gasteiger partial charge >= 0.3 is 0 Å². The molecule has 0 spiro atoms. The normalized spacial score (nSPS) is 10.4. The fourth-order valence-corrected chi connectivity index (χ4v) is 2.06. The Balaban J connectivity index is 1.57. The molecule has 0 saturated carbocycles. The Labute approximate surface area is 133 Å². The summed E-state index contributed by atoms with van der Waals surface area (Å²) in [7, 11) is 0. The van der Waals surface area contributed by atoms with Crippen molar-refractivity contribution in [1.82, 2.24) is 9.97 Å². The maximum Gasteiger partial charge on any atom is 0.131 e. The second-order valence-corrected chi connectivity index (χ2v) is 5.14. The van der Waals surface area contributed by atoms with Gasteiger partial charge < -0.3 is 15.1 Å². The van der Waals surface area contributed by atoms with Crippen LogP contribution in [-0.4, -0.2) is 9.97 Å². The number of halogens is 1. The summed E-state index contributed by atoms with van der Waals surface area (Å²) >= 11 is 5.87. The van der Waals surface area contributed by atoms with Gasteiger partial charge in [-0.3, -0.25) is 0 Å². The highest BCUT2D eigenvalue weighted by Crippen LogP contribution is 2.13. The van der Waals surface area contributed by atoms with E-state index in [1.54, 1.807) is 6.26 Å². The molecule has 2 N–H and O–H groups in total. The number of nitrogens with zero attached hydrogens (tertiary/aromatic N) is 2. The maximum atomic E-state index is 5.87. The summed E-state index contributed by atoms with van der Waals surface area (Å²) in [6, 6.07) is 13.3. The molecule has 0 amide bonds. The zero-order valence-electron chi connectivity index (χ0n) is 11.8. The van der Waals surface area contributed by atoms with Crippen molar-refractivity contribution in [2.75, 3.05) is 10.6 Å². The molecule has 0 saturated heterocycles. The molecule has 0 unspecified atom stereocenters. The van der Waals surface area contributed by atoms with Gasteiger partial charge in [0, 0.05) is 17.6 Å². The van der Waals surface area contributed by atoms with Gasteiger partial charge in [0.05, 0.1) is 12.8 Å². The van der Waals surface area contributed by atoms with Crippen LogP contribution < -0.4 is 10.6 Å². The minimum Gasteiger partial charge on any atom is -0.467 e. The molecule has 0 aliphatic heterocycles. The summed E-state index contributed by atoms with van der Waals surface area (Å²) in [5.74, 6) is 2.35. The largest absolute Gasteiger partial charge is 0.467 e. The van der Waals surface area contributed by atoms with E-state index in [2.05, 4.69) is 20.6 Å². The average Bonchev–Trinajstić information content (AvgIpc) is 3.06. The van der Waals surface area contributed by atoms with E-state index in [0.29, 0.717) is 13.1 Å². The van der Waals surface area contributed by atoms with Gasteiger partial charge in [-0.25, -0.2) is 9.97 Å². The van der Waals surface area contributed by atoms with Gasteiger partial charge in [-0.05, 0) is 29.8 Å².